The van der Waals surface area contributed by atoms with Crippen molar-refractivity contribution in [2.24, 2.45) is 0 Å². The van der Waals surface area contributed by atoms with Gasteiger partial charge in [0.25, 0.3) is 11.8 Å². The number of anilines is 1. The Hall–Kier alpha value is -3.45. The molecule has 0 atom stereocenters. The number of rotatable bonds is 6. The van der Waals surface area contributed by atoms with Crippen molar-refractivity contribution >= 4 is 27.3 Å². The van der Waals surface area contributed by atoms with Crippen molar-refractivity contribution in [3.05, 3.63) is 95.6 Å². The van der Waals surface area contributed by atoms with Gasteiger partial charge < -0.3 is 10.2 Å². The average molecular weight is 463 g/mol. The van der Waals surface area contributed by atoms with Crippen molar-refractivity contribution in [1.29, 1.82) is 0 Å². The fraction of sp³-hybridized carbons (Fsp3) is 0.231. The van der Waals surface area contributed by atoms with Gasteiger partial charge in [0.15, 0.2) is 9.84 Å². The molecule has 33 heavy (non-hydrogen) atoms. The Morgan fingerprint density at radius 2 is 1.52 bits per heavy atom. The SMILES string of the molecule is O=C(Nc1ccccc1C(=O)N1CCCCC1)c1cccc(CS(=O)(=O)c2ccccc2)c1. The van der Waals surface area contributed by atoms with E-state index in [1.807, 2.05) is 4.90 Å². The standard InChI is InChI=1S/C26H26N2O4S/c29-25(27-24-15-6-5-14-23(24)26(30)28-16-7-2-8-17-28)21-11-9-10-20(18-21)19-33(31,32)22-12-3-1-4-13-22/h1,3-6,9-15,18H,2,7-8,16-17,19H2,(H,27,29). The number of nitrogens with zero attached hydrogens (tertiary/aromatic N) is 1. The van der Waals surface area contributed by atoms with Crippen LogP contribution in [0, 0.1) is 0 Å². The Morgan fingerprint density at radius 3 is 2.27 bits per heavy atom. The summed E-state index contributed by atoms with van der Waals surface area (Å²) in [5.41, 5.74) is 1.75. The first-order chi connectivity index (χ1) is 15.9. The van der Waals surface area contributed by atoms with Gasteiger partial charge in [0.05, 0.1) is 21.9 Å². The van der Waals surface area contributed by atoms with E-state index < -0.39 is 15.7 Å². The molecule has 6 nitrogen and oxygen atoms in total. The molecule has 1 N–H and O–H groups in total. The molecule has 0 spiro atoms. The summed E-state index contributed by atoms with van der Waals surface area (Å²) >= 11 is 0. The van der Waals surface area contributed by atoms with Crippen LogP contribution in [0.4, 0.5) is 5.69 Å². The third-order valence-electron chi connectivity index (χ3n) is 5.70. The molecule has 1 heterocycles. The number of amides is 2. The molecule has 170 valence electrons. The van der Waals surface area contributed by atoms with Gasteiger partial charge in [-0.2, -0.15) is 0 Å². The van der Waals surface area contributed by atoms with E-state index in [0.29, 0.717) is 22.4 Å². The molecule has 1 saturated heterocycles. The lowest BCUT2D eigenvalue weighted by molar-refractivity contribution is 0.0725. The Morgan fingerprint density at radius 1 is 0.818 bits per heavy atom. The molecule has 4 rings (SSSR count). The maximum Gasteiger partial charge on any atom is 0.255 e. The van der Waals surface area contributed by atoms with Crippen molar-refractivity contribution in [3.8, 4) is 0 Å². The van der Waals surface area contributed by atoms with E-state index in [-0.39, 0.29) is 16.6 Å². The highest BCUT2D eigenvalue weighted by atomic mass is 32.2. The molecule has 1 aliphatic heterocycles. The first-order valence-corrected chi connectivity index (χ1v) is 12.7. The maximum absolute atomic E-state index is 13.0. The second-order valence-corrected chi connectivity index (χ2v) is 10.1. The van der Waals surface area contributed by atoms with Crippen LogP contribution in [0.3, 0.4) is 0 Å². The summed E-state index contributed by atoms with van der Waals surface area (Å²) in [5, 5.41) is 2.83. The normalized spacial score (nSPS) is 14.0. The molecular formula is C26H26N2O4S. The Labute approximate surface area is 194 Å². The predicted molar refractivity (Wildman–Crippen MR) is 128 cm³/mol. The first kappa shape index (κ1) is 22.7. The zero-order valence-electron chi connectivity index (χ0n) is 18.2. The summed E-state index contributed by atoms with van der Waals surface area (Å²) in [6.07, 6.45) is 3.09. The molecule has 0 bridgehead atoms. The van der Waals surface area contributed by atoms with Crippen LogP contribution in [0.15, 0.2) is 83.8 Å². The fourth-order valence-corrected chi connectivity index (χ4v) is 5.33. The maximum atomic E-state index is 13.0. The summed E-state index contributed by atoms with van der Waals surface area (Å²) in [4.78, 5) is 28.0. The topological polar surface area (TPSA) is 83.6 Å². The third-order valence-corrected chi connectivity index (χ3v) is 7.40. The largest absolute Gasteiger partial charge is 0.339 e. The van der Waals surface area contributed by atoms with Gasteiger partial charge in [0, 0.05) is 18.7 Å². The van der Waals surface area contributed by atoms with Gasteiger partial charge >= 0.3 is 0 Å². The number of hydrogen-bond acceptors (Lipinski definition) is 4. The minimum Gasteiger partial charge on any atom is -0.339 e. The Kier molecular flexibility index (Phi) is 6.89. The fourth-order valence-electron chi connectivity index (χ4n) is 3.97. The molecular weight excluding hydrogens is 436 g/mol. The first-order valence-electron chi connectivity index (χ1n) is 11.0. The predicted octanol–water partition coefficient (Wildman–Crippen LogP) is 4.54. The molecule has 2 amide bonds. The van der Waals surface area contributed by atoms with Crippen molar-refractivity contribution in [2.75, 3.05) is 18.4 Å². The molecule has 1 aliphatic rings. The van der Waals surface area contributed by atoms with Crippen LogP contribution in [0.5, 0.6) is 0 Å². The minimum atomic E-state index is -3.53. The van der Waals surface area contributed by atoms with Gasteiger partial charge in [-0.25, -0.2) is 8.42 Å². The number of likely N-dealkylation sites (tertiary alicyclic amines) is 1. The van der Waals surface area contributed by atoms with Crippen LogP contribution in [0.1, 0.15) is 45.5 Å². The zero-order valence-corrected chi connectivity index (χ0v) is 19.1. The molecule has 0 radical (unpaired) electrons. The smallest absolute Gasteiger partial charge is 0.255 e. The van der Waals surface area contributed by atoms with Crippen LogP contribution < -0.4 is 5.32 Å². The highest BCUT2D eigenvalue weighted by Crippen LogP contribution is 2.22. The van der Waals surface area contributed by atoms with Crippen molar-refractivity contribution in [1.82, 2.24) is 4.90 Å². The van der Waals surface area contributed by atoms with E-state index in [0.717, 1.165) is 32.4 Å². The van der Waals surface area contributed by atoms with E-state index in [1.165, 1.54) is 0 Å². The Balaban J connectivity index is 1.52. The number of piperidine rings is 1. The number of carbonyl (C=O) groups excluding carboxylic acids is 2. The average Bonchev–Trinajstić information content (AvgIpc) is 2.85. The molecule has 0 unspecified atom stereocenters. The van der Waals surface area contributed by atoms with Crippen LogP contribution in [0.25, 0.3) is 0 Å². The number of carbonyl (C=O) groups is 2. The zero-order chi connectivity index (χ0) is 23.3. The van der Waals surface area contributed by atoms with Crippen LogP contribution in [-0.2, 0) is 15.6 Å². The number of benzene rings is 3. The summed E-state index contributed by atoms with van der Waals surface area (Å²) in [7, 11) is -3.53. The third kappa shape index (κ3) is 5.49. The Bertz CT molecular complexity index is 1250. The lowest BCUT2D eigenvalue weighted by Gasteiger charge is -2.27. The van der Waals surface area contributed by atoms with Crippen LogP contribution in [-0.4, -0.2) is 38.2 Å². The van der Waals surface area contributed by atoms with Gasteiger partial charge in [-0.3, -0.25) is 9.59 Å². The number of nitrogens with one attached hydrogen (secondary N) is 1. The molecule has 3 aromatic carbocycles. The monoisotopic (exact) mass is 462 g/mol. The van der Waals surface area contributed by atoms with E-state index in [1.54, 1.807) is 78.9 Å². The van der Waals surface area contributed by atoms with E-state index in [4.69, 9.17) is 0 Å². The van der Waals surface area contributed by atoms with Crippen LogP contribution in [0.2, 0.25) is 0 Å². The summed E-state index contributed by atoms with van der Waals surface area (Å²) in [6, 6.07) is 21.8. The van der Waals surface area contributed by atoms with Crippen molar-refractivity contribution in [2.45, 2.75) is 29.9 Å². The van der Waals surface area contributed by atoms with Crippen molar-refractivity contribution in [3.63, 3.8) is 0 Å². The molecule has 1 fully saturated rings. The summed E-state index contributed by atoms with van der Waals surface area (Å²) in [5.74, 6) is -0.691. The molecule has 0 saturated carbocycles. The van der Waals surface area contributed by atoms with Crippen molar-refractivity contribution < 1.29 is 18.0 Å². The minimum absolute atomic E-state index is 0.0895. The highest BCUT2D eigenvalue weighted by molar-refractivity contribution is 7.90. The number of hydrogen-bond donors (Lipinski definition) is 1. The molecule has 3 aromatic rings. The van der Waals surface area contributed by atoms with E-state index in [9.17, 15) is 18.0 Å². The van der Waals surface area contributed by atoms with Crippen LogP contribution >= 0.6 is 0 Å². The highest BCUT2D eigenvalue weighted by Gasteiger charge is 2.22. The summed E-state index contributed by atoms with van der Waals surface area (Å²) < 4.78 is 25.4. The molecule has 0 aliphatic carbocycles. The second-order valence-electron chi connectivity index (χ2n) is 8.13. The van der Waals surface area contributed by atoms with Gasteiger partial charge in [0.2, 0.25) is 0 Å². The summed E-state index contributed by atoms with van der Waals surface area (Å²) in [6.45, 7) is 1.44. The van der Waals surface area contributed by atoms with Gasteiger partial charge in [-0.05, 0) is 61.2 Å². The van der Waals surface area contributed by atoms with E-state index >= 15 is 0 Å². The lowest BCUT2D eigenvalue weighted by atomic mass is 10.1. The van der Waals surface area contributed by atoms with Gasteiger partial charge in [-0.1, -0.05) is 42.5 Å². The number of sulfone groups is 1. The number of para-hydroxylation sites is 1. The van der Waals surface area contributed by atoms with E-state index in [2.05, 4.69) is 5.32 Å². The van der Waals surface area contributed by atoms with Gasteiger partial charge in [-0.15, -0.1) is 0 Å². The molecule has 7 heteroatoms. The molecule has 0 aromatic heterocycles. The second kappa shape index (κ2) is 10.0. The quantitative estimate of drug-likeness (QED) is 0.583. The van der Waals surface area contributed by atoms with Gasteiger partial charge in [0.1, 0.15) is 0 Å². The lowest BCUT2D eigenvalue weighted by Crippen LogP contribution is -2.36.